The van der Waals surface area contributed by atoms with E-state index in [0.717, 1.165) is 5.56 Å². The lowest BCUT2D eigenvalue weighted by Gasteiger charge is -2.05. The molecule has 2 aromatic heterocycles. The quantitative estimate of drug-likeness (QED) is 0.386. The number of benzene rings is 3. The third kappa shape index (κ3) is 3.66. The summed E-state index contributed by atoms with van der Waals surface area (Å²) in [5.41, 5.74) is 10.2. The number of carbonyl (C=O) groups excluding carboxylic acids is 1. The molecule has 7 nitrogen and oxygen atoms in total. The zero-order valence-electron chi connectivity index (χ0n) is 16.7. The fourth-order valence-corrected chi connectivity index (χ4v) is 3.50. The second-order valence-corrected chi connectivity index (χ2v) is 7.51. The van der Waals surface area contributed by atoms with Gasteiger partial charge in [0.25, 0.3) is 5.91 Å². The van der Waals surface area contributed by atoms with Crippen LogP contribution in [0.3, 0.4) is 0 Å². The van der Waals surface area contributed by atoms with Gasteiger partial charge in [0.05, 0.1) is 17.2 Å². The molecule has 8 heteroatoms. The standard InChI is InChI=1S/C24H17ClN6O/c25-16-10-12-17(13-11-16)28-24(32)20-21-23(30-19-9-5-4-8-18(19)29-21)31(22(20)26)27-14-15-6-2-1-3-7-15/h1-14H,26H2,(H,28,32). The number of fused-ring (bicyclic) bond motifs is 2. The van der Waals surface area contributed by atoms with Crippen molar-refractivity contribution < 1.29 is 4.79 Å². The molecule has 1 amide bonds. The minimum absolute atomic E-state index is 0.147. The van der Waals surface area contributed by atoms with Gasteiger partial charge >= 0.3 is 0 Å². The average molecular weight is 441 g/mol. The van der Waals surface area contributed by atoms with Crippen LogP contribution >= 0.6 is 11.6 Å². The van der Waals surface area contributed by atoms with Gasteiger partial charge < -0.3 is 11.1 Å². The number of carbonyl (C=O) groups is 1. The van der Waals surface area contributed by atoms with Gasteiger partial charge in [-0.2, -0.15) is 9.78 Å². The smallest absolute Gasteiger partial charge is 0.261 e. The minimum atomic E-state index is -0.409. The highest BCUT2D eigenvalue weighted by Crippen LogP contribution is 2.28. The highest BCUT2D eigenvalue weighted by atomic mass is 35.5. The van der Waals surface area contributed by atoms with Gasteiger partial charge in [0.2, 0.25) is 0 Å². The Kier molecular flexibility index (Phi) is 5.01. The third-order valence-electron chi connectivity index (χ3n) is 4.92. The number of halogens is 1. The van der Waals surface area contributed by atoms with Crippen molar-refractivity contribution in [2.75, 3.05) is 11.1 Å². The molecule has 0 aliphatic carbocycles. The SMILES string of the molecule is Nc1c(C(=O)Nc2ccc(Cl)cc2)c2nc3ccccc3nc2n1N=Cc1ccccc1. The van der Waals surface area contributed by atoms with E-state index in [2.05, 4.69) is 20.4 Å². The molecule has 5 aromatic rings. The van der Waals surface area contributed by atoms with Gasteiger partial charge in [-0.3, -0.25) is 4.79 Å². The summed E-state index contributed by atoms with van der Waals surface area (Å²) >= 11 is 5.94. The van der Waals surface area contributed by atoms with E-state index in [-0.39, 0.29) is 11.4 Å². The second-order valence-electron chi connectivity index (χ2n) is 7.07. The van der Waals surface area contributed by atoms with E-state index in [1.165, 1.54) is 4.68 Å². The van der Waals surface area contributed by atoms with Crippen molar-refractivity contribution in [2.45, 2.75) is 0 Å². The van der Waals surface area contributed by atoms with Crippen LogP contribution in [0.1, 0.15) is 15.9 Å². The molecule has 0 radical (unpaired) electrons. The molecule has 0 aliphatic rings. The first kappa shape index (κ1) is 19.7. The Hall–Kier alpha value is -4.23. The molecule has 0 saturated carbocycles. The number of amides is 1. The number of nitrogens with zero attached hydrogens (tertiary/aromatic N) is 4. The number of nitrogens with two attached hydrogens (primary N) is 1. The Morgan fingerprint density at radius 2 is 1.59 bits per heavy atom. The first-order chi connectivity index (χ1) is 15.6. The predicted octanol–water partition coefficient (Wildman–Crippen LogP) is 4.95. The van der Waals surface area contributed by atoms with Crippen molar-refractivity contribution in [3.63, 3.8) is 0 Å². The molecular weight excluding hydrogens is 424 g/mol. The maximum absolute atomic E-state index is 13.2. The molecule has 2 heterocycles. The van der Waals surface area contributed by atoms with E-state index in [1.54, 1.807) is 30.5 Å². The van der Waals surface area contributed by atoms with Crippen LogP contribution in [0.4, 0.5) is 11.5 Å². The van der Waals surface area contributed by atoms with Crippen LogP contribution in [0.25, 0.3) is 22.2 Å². The van der Waals surface area contributed by atoms with Gasteiger partial charge in [0.15, 0.2) is 5.65 Å². The summed E-state index contributed by atoms with van der Waals surface area (Å²) < 4.78 is 1.44. The van der Waals surface area contributed by atoms with Crippen LogP contribution < -0.4 is 11.1 Å². The summed E-state index contributed by atoms with van der Waals surface area (Å²) in [6.07, 6.45) is 1.66. The van der Waals surface area contributed by atoms with E-state index < -0.39 is 5.91 Å². The first-order valence-electron chi connectivity index (χ1n) is 9.83. The summed E-state index contributed by atoms with van der Waals surface area (Å²) in [5, 5.41) is 7.92. The summed E-state index contributed by atoms with van der Waals surface area (Å²) in [6, 6.07) is 23.8. The number of hydrogen-bond acceptors (Lipinski definition) is 5. The maximum atomic E-state index is 13.2. The fraction of sp³-hybridized carbons (Fsp3) is 0. The van der Waals surface area contributed by atoms with Crippen LogP contribution in [0.5, 0.6) is 0 Å². The highest BCUT2D eigenvalue weighted by molar-refractivity contribution is 6.30. The molecule has 0 bridgehead atoms. The predicted molar refractivity (Wildman–Crippen MR) is 128 cm³/mol. The summed E-state index contributed by atoms with van der Waals surface area (Å²) in [6.45, 7) is 0. The number of aromatic nitrogens is 3. The van der Waals surface area contributed by atoms with Gasteiger partial charge in [-0.25, -0.2) is 9.97 Å². The number of nitrogens with one attached hydrogen (secondary N) is 1. The summed E-state index contributed by atoms with van der Waals surface area (Å²) in [7, 11) is 0. The second kappa shape index (κ2) is 8.13. The minimum Gasteiger partial charge on any atom is -0.383 e. The molecule has 156 valence electrons. The van der Waals surface area contributed by atoms with Gasteiger partial charge in [0.1, 0.15) is 16.9 Å². The Bertz CT molecular complexity index is 1480. The molecule has 0 saturated heterocycles. The zero-order chi connectivity index (χ0) is 22.1. The Morgan fingerprint density at radius 3 is 2.31 bits per heavy atom. The number of para-hydroxylation sites is 2. The number of anilines is 2. The first-order valence-corrected chi connectivity index (χ1v) is 10.2. The van der Waals surface area contributed by atoms with Crippen molar-refractivity contribution >= 4 is 57.4 Å². The molecule has 3 N–H and O–H groups in total. The molecule has 0 fully saturated rings. The Labute approximate surface area is 188 Å². The summed E-state index contributed by atoms with van der Waals surface area (Å²) in [4.78, 5) is 22.6. The van der Waals surface area contributed by atoms with E-state index in [9.17, 15) is 4.79 Å². The van der Waals surface area contributed by atoms with Crippen LogP contribution in [0, 0.1) is 0 Å². The summed E-state index contributed by atoms with van der Waals surface area (Å²) in [5.74, 6) is -0.262. The van der Waals surface area contributed by atoms with Crippen LogP contribution in [-0.2, 0) is 0 Å². The van der Waals surface area contributed by atoms with Crippen molar-refractivity contribution in [2.24, 2.45) is 5.10 Å². The molecule has 5 rings (SSSR count). The molecule has 32 heavy (non-hydrogen) atoms. The zero-order valence-corrected chi connectivity index (χ0v) is 17.5. The topological polar surface area (TPSA) is 98.2 Å². The maximum Gasteiger partial charge on any atom is 0.261 e. The molecule has 3 aromatic carbocycles. The molecular formula is C24H17ClN6O. The van der Waals surface area contributed by atoms with E-state index in [1.807, 2.05) is 54.6 Å². The largest absolute Gasteiger partial charge is 0.383 e. The average Bonchev–Trinajstić information content (AvgIpc) is 3.08. The van der Waals surface area contributed by atoms with Crippen molar-refractivity contribution in [1.29, 1.82) is 0 Å². The van der Waals surface area contributed by atoms with Crippen LogP contribution in [0.2, 0.25) is 5.02 Å². The van der Waals surface area contributed by atoms with Gasteiger partial charge in [0, 0.05) is 10.7 Å². The number of hydrogen-bond donors (Lipinski definition) is 2. The lowest BCUT2D eigenvalue weighted by atomic mass is 10.2. The highest BCUT2D eigenvalue weighted by Gasteiger charge is 2.24. The van der Waals surface area contributed by atoms with E-state index >= 15 is 0 Å². The molecule has 0 spiro atoms. The third-order valence-corrected chi connectivity index (χ3v) is 5.18. The Balaban J connectivity index is 1.66. The van der Waals surface area contributed by atoms with Crippen LogP contribution in [-0.4, -0.2) is 26.8 Å². The lowest BCUT2D eigenvalue weighted by Crippen LogP contribution is -2.14. The van der Waals surface area contributed by atoms with Crippen molar-refractivity contribution in [3.8, 4) is 0 Å². The van der Waals surface area contributed by atoms with Crippen molar-refractivity contribution in [3.05, 3.63) is 95.0 Å². The molecule has 0 unspecified atom stereocenters. The molecule has 0 aliphatic heterocycles. The Morgan fingerprint density at radius 1 is 0.938 bits per heavy atom. The van der Waals surface area contributed by atoms with Crippen molar-refractivity contribution in [1.82, 2.24) is 14.6 Å². The monoisotopic (exact) mass is 440 g/mol. The fourth-order valence-electron chi connectivity index (χ4n) is 3.38. The normalized spacial score (nSPS) is 11.4. The number of rotatable bonds is 4. The van der Waals surface area contributed by atoms with Crippen LogP contribution in [0.15, 0.2) is 84.0 Å². The van der Waals surface area contributed by atoms with Gasteiger partial charge in [-0.1, -0.05) is 54.1 Å². The van der Waals surface area contributed by atoms with E-state index in [4.69, 9.17) is 17.3 Å². The van der Waals surface area contributed by atoms with Gasteiger partial charge in [-0.05, 0) is 42.0 Å². The van der Waals surface area contributed by atoms with Gasteiger partial charge in [-0.15, -0.1) is 0 Å². The molecule has 0 atom stereocenters. The number of nitrogen functional groups attached to an aromatic ring is 1. The van der Waals surface area contributed by atoms with E-state index in [0.29, 0.717) is 32.9 Å². The lowest BCUT2D eigenvalue weighted by molar-refractivity contribution is 0.102.